The first-order valence-electron chi connectivity index (χ1n) is 14.3. The Labute approximate surface area is 230 Å². The maximum Gasteiger partial charge on any atom is 0.166 e. The van der Waals surface area contributed by atoms with Gasteiger partial charge in [-0.3, -0.25) is 0 Å². The highest BCUT2D eigenvalue weighted by molar-refractivity contribution is 5.67. The van der Waals surface area contributed by atoms with Gasteiger partial charge in [-0.2, -0.15) is 0 Å². The maximum absolute atomic E-state index is 15.0. The highest BCUT2D eigenvalue weighted by Gasteiger charge is 2.21. The molecular formula is C34H39F3O2. The summed E-state index contributed by atoms with van der Waals surface area (Å²) in [6.07, 6.45) is 9.42. The highest BCUT2D eigenvalue weighted by atomic mass is 19.2. The van der Waals surface area contributed by atoms with Crippen molar-refractivity contribution in [1.29, 1.82) is 0 Å². The quantitative estimate of drug-likeness (QED) is 0.203. The van der Waals surface area contributed by atoms with Gasteiger partial charge in [0.25, 0.3) is 0 Å². The fraction of sp³-hybridized carbons (Fsp3) is 0.412. The zero-order valence-corrected chi connectivity index (χ0v) is 23.1. The van der Waals surface area contributed by atoms with Crippen LogP contribution in [0.5, 0.6) is 5.75 Å². The average molecular weight is 537 g/mol. The molecule has 1 aliphatic rings. The van der Waals surface area contributed by atoms with E-state index < -0.39 is 11.6 Å². The first-order chi connectivity index (χ1) is 19.0. The van der Waals surface area contributed by atoms with Crippen molar-refractivity contribution in [2.45, 2.75) is 77.7 Å². The molecule has 0 spiro atoms. The third-order valence-electron chi connectivity index (χ3n) is 7.38. The van der Waals surface area contributed by atoms with Crippen LogP contribution in [0.25, 0.3) is 16.7 Å². The minimum absolute atomic E-state index is 0.168. The number of aryl methyl sites for hydroxylation is 2. The number of rotatable bonds is 13. The maximum atomic E-state index is 15.0. The van der Waals surface area contributed by atoms with Gasteiger partial charge >= 0.3 is 0 Å². The summed E-state index contributed by atoms with van der Waals surface area (Å²) in [4.78, 5) is 0. The van der Waals surface area contributed by atoms with E-state index in [1.807, 2.05) is 36.4 Å². The summed E-state index contributed by atoms with van der Waals surface area (Å²) < 4.78 is 55.8. The minimum atomic E-state index is -0.761. The predicted molar refractivity (Wildman–Crippen MR) is 152 cm³/mol. The Balaban J connectivity index is 1.35. The standard InChI is InChI=1S/C34H39F3O2/c1-3-5-21-38-29-17-13-26(14-18-29)30-19-15-27(33(36)34(30)37)12-9-24-7-10-25(11-8-24)28-16-20-32(31(35)23-28)39-22-6-4-2/h7-8,10-11,13,15-16,19-20,23,29H,3-6,9,12,14,17-18,21-22H2,1-2H3. The molecular weight excluding hydrogens is 497 g/mol. The van der Waals surface area contributed by atoms with Crippen LogP contribution in [0.4, 0.5) is 13.2 Å². The Hall–Kier alpha value is -3.05. The van der Waals surface area contributed by atoms with E-state index in [4.69, 9.17) is 9.47 Å². The second-order valence-corrected chi connectivity index (χ2v) is 10.3. The molecule has 0 amide bonds. The SMILES string of the molecule is CCCCOc1ccc(-c2ccc(CCc3ccc(C4=CCC(OCCCC)CC4)c(F)c3F)cc2)cc1F. The van der Waals surface area contributed by atoms with Crippen molar-refractivity contribution in [1.82, 2.24) is 0 Å². The first kappa shape index (κ1) is 28.9. The van der Waals surface area contributed by atoms with Crippen molar-refractivity contribution >= 4 is 5.57 Å². The summed E-state index contributed by atoms with van der Waals surface area (Å²) >= 11 is 0. The van der Waals surface area contributed by atoms with Gasteiger partial charge in [-0.25, -0.2) is 13.2 Å². The van der Waals surface area contributed by atoms with Gasteiger partial charge in [-0.05, 0) is 84.9 Å². The molecule has 208 valence electrons. The molecule has 1 atom stereocenters. The Morgan fingerprint density at radius 3 is 2.23 bits per heavy atom. The van der Waals surface area contributed by atoms with Crippen molar-refractivity contribution in [2.75, 3.05) is 13.2 Å². The minimum Gasteiger partial charge on any atom is -0.491 e. The summed E-state index contributed by atoms with van der Waals surface area (Å²) in [5.74, 6) is -1.63. The van der Waals surface area contributed by atoms with Crippen LogP contribution in [0.15, 0.2) is 60.7 Å². The molecule has 4 rings (SSSR count). The van der Waals surface area contributed by atoms with E-state index in [-0.39, 0.29) is 17.7 Å². The molecule has 1 aliphatic carbocycles. The van der Waals surface area contributed by atoms with E-state index in [9.17, 15) is 8.78 Å². The highest BCUT2D eigenvalue weighted by Crippen LogP contribution is 2.32. The molecule has 0 aliphatic heterocycles. The average Bonchev–Trinajstić information content (AvgIpc) is 2.96. The molecule has 0 N–H and O–H groups in total. The molecule has 0 bridgehead atoms. The molecule has 5 heteroatoms. The van der Waals surface area contributed by atoms with Gasteiger partial charge in [0.05, 0.1) is 12.7 Å². The summed E-state index contributed by atoms with van der Waals surface area (Å²) in [7, 11) is 0. The summed E-state index contributed by atoms with van der Waals surface area (Å²) in [5, 5.41) is 0. The van der Waals surface area contributed by atoms with Crippen LogP contribution in [-0.4, -0.2) is 19.3 Å². The Bertz CT molecular complexity index is 1250. The largest absolute Gasteiger partial charge is 0.491 e. The van der Waals surface area contributed by atoms with E-state index >= 15 is 4.39 Å². The van der Waals surface area contributed by atoms with E-state index in [2.05, 4.69) is 13.8 Å². The smallest absolute Gasteiger partial charge is 0.166 e. The lowest BCUT2D eigenvalue weighted by Gasteiger charge is -2.23. The summed E-state index contributed by atoms with van der Waals surface area (Å²) in [6, 6.07) is 16.2. The van der Waals surface area contributed by atoms with Gasteiger partial charge in [-0.1, -0.05) is 75.2 Å². The van der Waals surface area contributed by atoms with Crippen molar-refractivity contribution in [3.05, 3.63) is 94.8 Å². The molecule has 0 radical (unpaired) electrons. The van der Waals surface area contributed by atoms with E-state index in [1.54, 1.807) is 18.2 Å². The summed E-state index contributed by atoms with van der Waals surface area (Å²) in [6.45, 7) is 5.45. The fourth-order valence-electron chi connectivity index (χ4n) is 4.90. The van der Waals surface area contributed by atoms with Crippen molar-refractivity contribution in [3.63, 3.8) is 0 Å². The van der Waals surface area contributed by atoms with Gasteiger partial charge in [0.1, 0.15) is 0 Å². The van der Waals surface area contributed by atoms with E-state index in [0.29, 0.717) is 37.0 Å². The third kappa shape index (κ3) is 7.76. The molecule has 3 aromatic rings. The topological polar surface area (TPSA) is 18.5 Å². The number of unbranched alkanes of at least 4 members (excludes halogenated alkanes) is 2. The Kier molecular flexibility index (Phi) is 10.7. The zero-order chi connectivity index (χ0) is 27.6. The van der Waals surface area contributed by atoms with Crippen molar-refractivity contribution in [2.24, 2.45) is 0 Å². The number of hydrogen-bond acceptors (Lipinski definition) is 2. The number of hydrogen-bond donors (Lipinski definition) is 0. The van der Waals surface area contributed by atoms with Gasteiger partial charge in [0.15, 0.2) is 23.2 Å². The molecule has 3 aromatic carbocycles. The lowest BCUT2D eigenvalue weighted by Crippen LogP contribution is -2.16. The lowest BCUT2D eigenvalue weighted by atomic mass is 9.90. The number of benzene rings is 3. The van der Waals surface area contributed by atoms with Crippen molar-refractivity contribution in [3.8, 4) is 16.9 Å². The van der Waals surface area contributed by atoms with Crippen LogP contribution >= 0.6 is 0 Å². The second-order valence-electron chi connectivity index (χ2n) is 10.3. The lowest BCUT2D eigenvalue weighted by molar-refractivity contribution is 0.0466. The van der Waals surface area contributed by atoms with Gasteiger partial charge in [0.2, 0.25) is 0 Å². The summed E-state index contributed by atoms with van der Waals surface area (Å²) in [5.41, 5.74) is 4.26. The normalized spacial score (nSPS) is 15.3. The number of halogens is 3. The monoisotopic (exact) mass is 536 g/mol. The van der Waals surface area contributed by atoms with Crippen LogP contribution in [0, 0.1) is 17.5 Å². The van der Waals surface area contributed by atoms with Crippen LogP contribution in [0.1, 0.15) is 75.5 Å². The van der Waals surface area contributed by atoms with Crippen LogP contribution in [0.3, 0.4) is 0 Å². The number of ether oxygens (including phenoxy) is 2. The zero-order valence-electron chi connectivity index (χ0n) is 23.1. The fourth-order valence-corrected chi connectivity index (χ4v) is 4.90. The van der Waals surface area contributed by atoms with E-state index in [1.165, 1.54) is 6.07 Å². The molecule has 0 heterocycles. The van der Waals surface area contributed by atoms with Gasteiger partial charge in [0, 0.05) is 12.2 Å². The molecule has 0 aromatic heterocycles. The third-order valence-corrected chi connectivity index (χ3v) is 7.38. The second kappa shape index (κ2) is 14.4. The van der Waals surface area contributed by atoms with E-state index in [0.717, 1.165) is 67.4 Å². The first-order valence-corrected chi connectivity index (χ1v) is 14.3. The Morgan fingerprint density at radius 1 is 0.795 bits per heavy atom. The van der Waals surface area contributed by atoms with Crippen LogP contribution in [0.2, 0.25) is 0 Å². The van der Waals surface area contributed by atoms with Crippen LogP contribution < -0.4 is 4.74 Å². The van der Waals surface area contributed by atoms with Gasteiger partial charge < -0.3 is 9.47 Å². The number of allylic oxidation sites excluding steroid dienone is 1. The Morgan fingerprint density at radius 2 is 1.54 bits per heavy atom. The van der Waals surface area contributed by atoms with Crippen LogP contribution in [-0.2, 0) is 17.6 Å². The molecule has 0 saturated carbocycles. The van der Waals surface area contributed by atoms with Crippen molar-refractivity contribution < 1.29 is 22.6 Å². The molecule has 2 nitrogen and oxygen atoms in total. The van der Waals surface area contributed by atoms with Gasteiger partial charge in [-0.15, -0.1) is 0 Å². The molecule has 1 unspecified atom stereocenters. The molecule has 0 fully saturated rings. The molecule has 0 saturated heterocycles. The predicted octanol–water partition coefficient (Wildman–Crippen LogP) is 9.49. The molecule has 39 heavy (non-hydrogen) atoms.